The maximum atomic E-state index is 10.1. The van der Waals surface area contributed by atoms with Crippen LogP contribution in [0, 0.1) is 6.92 Å². The Kier molecular flexibility index (Phi) is 5.53. The maximum Gasteiger partial charge on any atom is 0.120 e. The highest BCUT2D eigenvalue weighted by atomic mass is 35.5. The van der Waals surface area contributed by atoms with Gasteiger partial charge in [-0.2, -0.15) is 0 Å². The van der Waals surface area contributed by atoms with Crippen LogP contribution in [0.5, 0.6) is 0 Å². The van der Waals surface area contributed by atoms with E-state index in [2.05, 4.69) is 10.3 Å². The van der Waals surface area contributed by atoms with Gasteiger partial charge in [0, 0.05) is 12.7 Å². The highest BCUT2D eigenvalue weighted by Crippen LogP contribution is 2.25. The normalized spacial score (nSPS) is 24.1. The molecule has 2 rings (SSSR count). The first kappa shape index (κ1) is 14.6. The van der Waals surface area contributed by atoms with E-state index in [4.69, 9.17) is 0 Å². The molecule has 2 N–H and O–H groups in total. The molecule has 1 aromatic rings. The van der Waals surface area contributed by atoms with Gasteiger partial charge in [0.05, 0.1) is 5.69 Å². The molecule has 1 unspecified atom stereocenters. The Labute approximate surface area is 102 Å². The predicted octanol–water partition coefficient (Wildman–Crippen LogP) is 1.41. The highest BCUT2D eigenvalue weighted by Gasteiger charge is 2.33. The van der Waals surface area contributed by atoms with Crippen LogP contribution >= 0.6 is 24.8 Å². The van der Waals surface area contributed by atoms with Crippen LogP contribution in [0.1, 0.15) is 17.7 Å². The molecule has 0 amide bonds. The molecule has 1 aromatic heterocycles. The average Bonchev–Trinajstić information content (AvgIpc) is 2.54. The summed E-state index contributed by atoms with van der Waals surface area (Å²) in [6.45, 7) is 3.48. The van der Waals surface area contributed by atoms with E-state index in [1.165, 1.54) is 0 Å². The number of nitrogens with one attached hydrogen (secondary N) is 1. The Hall–Kier alpha value is -0.350. The van der Waals surface area contributed by atoms with E-state index in [0.717, 1.165) is 24.2 Å². The lowest BCUT2D eigenvalue weighted by Crippen LogP contribution is -2.29. The van der Waals surface area contributed by atoms with Crippen molar-refractivity contribution in [2.75, 3.05) is 13.1 Å². The van der Waals surface area contributed by atoms with Crippen molar-refractivity contribution in [3.8, 4) is 0 Å². The number of nitrogens with zero attached hydrogens (tertiary/aromatic N) is 1. The van der Waals surface area contributed by atoms with Crippen molar-refractivity contribution in [1.29, 1.82) is 0 Å². The molecule has 0 spiro atoms. The zero-order chi connectivity index (χ0) is 9.31. The molecule has 2 heterocycles. The van der Waals surface area contributed by atoms with Gasteiger partial charge < -0.3 is 10.4 Å². The second kappa shape index (κ2) is 5.66. The van der Waals surface area contributed by atoms with Gasteiger partial charge in [-0.15, -0.1) is 24.8 Å². The largest absolute Gasteiger partial charge is 0.382 e. The number of aryl methyl sites for hydroxylation is 1. The lowest BCUT2D eigenvalue weighted by Gasteiger charge is -2.20. The Morgan fingerprint density at radius 2 is 2.13 bits per heavy atom. The Bertz CT molecular complexity index is 297. The summed E-state index contributed by atoms with van der Waals surface area (Å²) in [6.07, 6.45) is 2.55. The van der Waals surface area contributed by atoms with Crippen molar-refractivity contribution < 1.29 is 5.11 Å². The molecule has 5 heteroatoms. The summed E-state index contributed by atoms with van der Waals surface area (Å²) in [5.41, 5.74) is 1.16. The van der Waals surface area contributed by atoms with E-state index >= 15 is 0 Å². The van der Waals surface area contributed by atoms with E-state index in [1.54, 1.807) is 6.20 Å². The number of hydrogen-bond donors (Lipinski definition) is 2. The Morgan fingerprint density at radius 3 is 2.60 bits per heavy atom. The van der Waals surface area contributed by atoms with E-state index in [0.29, 0.717) is 6.54 Å². The van der Waals surface area contributed by atoms with Crippen molar-refractivity contribution in [2.45, 2.75) is 18.9 Å². The Morgan fingerprint density at radius 1 is 1.40 bits per heavy atom. The van der Waals surface area contributed by atoms with Crippen molar-refractivity contribution >= 4 is 24.8 Å². The minimum absolute atomic E-state index is 0. The van der Waals surface area contributed by atoms with Crippen LogP contribution in [0.2, 0.25) is 0 Å². The van der Waals surface area contributed by atoms with Crippen LogP contribution < -0.4 is 5.32 Å². The van der Waals surface area contributed by atoms with Gasteiger partial charge in [0.25, 0.3) is 0 Å². The second-order valence-corrected chi connectivity index (χ2v) is 3.68. The molecular weight excluding hydrogens is 235 g/mol. The summed E-state index contributed by atoms with van der Waals surface area (Å²) in [6, 6.07) is 3.89. The zero-order valence-corrected chi connectivity index (χ0v) is 10.2. The van der Waals surface area contributed by atoms with Crippen molar-refractivity contribution in [2.24, 2.45) is 0 Å². The summed E-state index contributed by atoms with van der Waals surface area (Å²) in [7, 11) is 0. The molecular formula is C10H16Cl2N2O. The van der Waals surface area contributed by atoms with E-state index in [-0.39, 0.29) is 24.8 Å². The molecule has 1 saturated heterocycles. The molecule has 0 aliphatic carbocycles. The van der Waals surface area contributed by atoms with E-state index in [9.17, 15) is 5.11 Å². The lowest BCUT2D eigenvalue weighted by atomic mass is 9.98. The van der Waals surface area contributed by atoms with Crippen LogP contribution in [0.3, 0.4) is 0 Å². The zero-order valence-electron chi connectivity index (χ0n) is 8.56. The first-order chi connectivity index (χ1) is 6.21. The minimum atomic E-state index is -0.742. The molecule has 0 bridgehead atoms. The molecule has 15 heavy (non-hydrogen) atoms. The van der Waals surface area contributed by atoms with Gasteiger partial charge in [-0.25, -0.2) is 0 Å². The molecule has 1 fully saturated rings. The monoisotopic (exact) mass is 250 g/mol. The number of β-amino-alcohol motifs (C(OH)–C–C–N with tert-alkyl or cyclic N) is 1. The number of halogens is 2. The van der Waals surface area contributed by atoms with Gasteiger partial charge in [0.15, 0.2) is 0 Å². The first-order valence-corrected chi connectivity index (χ1v) is 4.57. The SMILES string of the molecule is Cc1ccc(C2(O)CCNC2)nc1.Cl.Cl. The van der Waals surface area contributed by atoms with Crippen molar-refractivity contribution in [1.82, 2.24) is 10.3 Å². The molecule has 1 aliphatic heterocycles. The van der Waals surface area contributed by atoms with Crippen molar-refractivity contribution in [3.63, 3.8) is 0 Å². The van der Waals surface area contributed by atoms with Crippen molar-refractivity contribution in [3.05, 3.63) is 29.6 Å². The second-order valence-electron chi connectivity index (χ2n) is 3.68. The molecule has 0 aromatic carbocycles. The van der Waals surface area contributed by atoms with Gasteiger partial charge in [0.2, 0.25) is 0 Å². The third-order valence-corrected chi connectivity index (χ3v) is 2.52. The number of hydrogen-bond acceptors (Lipinski definition) is 3. The lowest BCUT2D eigenvalue weighted by molar-refractivity contribution is 0.0541. The fourth-order valence-electron chi connectivity index (χ4n) is 1.64. The van der Waals surface area contributed by atoms with E-state index in [1.807, 2.05) is 19.1 Å². The quantitative estimate of drug-likeness (QED) is 0.793. The summed E-state index contributed by atoms with van der Waals surface area (Å²) in [5, 5.41) is 13.3. The van der Waals surface area contributed by atoms with Gasteiger partial charge in [-0.05, 0) is 31.5 Å². The number of pyridine rings is 1. The van der Waals surface area contributed by atoms with Crippen LogP contribution in [-0.2, 0) is 5.60 Å². The third kappa shape index (κ3) is 3.05. The summed E-state index contributed by atoms with van der Waals surface area (Å²) in [5.74, 6) is 0. The van der Waals surface area contributed by atoms with Crippen LogP contribution in [0.4, 0.5) is 0 Å². The summed E-state index contributed by atoms with van der Waals surface area (Å²) in [4.78, 5) is 4.24. The Balaban J connectivity index is 0.000000980. The third-order valence-electron chi connectivity index (χ3n) is 2.52. The minimum Gasteiger partial charge on any atom is -0.382 e. The number of aromatic nitrogens is 1. The van der Waals surface area contributed by atoms with Crippen LogP contribution in [0.15, 0.2) is 18.3 Å². The average molecular weight is 251 g/mol. The molecule has 0 saturated carbocycles. The van der Waals surface area contributed by atoms with Gasteiger partial charge in [-0.3, -0.25) is 4.98 Å². The summed E-state index contributed by atoms with van der Waals surface area (Å²) >= 11 is 0. The molecule has 1 aliphatic rings. The van der Waals surface area contributed by atoms with Crippen LogP contribution in [-0.4, -0.2) is 23.2 Å². The predicted molar refractivity (Wildman–Crippen MR) is 64.9 cm³/mol. The van der Waals surface area contributed by atoms with Gasteiger partial charge in [0.1, 0.15) is 5.60 Å². The summed E-state index contributed by atoms with van der Waals surface area (Å²) < 4.78 is 0. The number of rotatable bonds is 1. The van der Waals surface area contributed by atoms with Gasteiger partial charge in [-0.1, -0.05) is 6.07 Å². The fraction of sp³-hybridized carbons (Fsp3) is 0.500. The molecule has 1 atom stereocenters. The number of aliphatic hydroxyl groups is 1. The standard InChI is InChI=1S/C10H14N2O.2ClH/c1-8-2-3-9(12-6-8)10(13)4-5-11-7-10;;/h2-3,6,11,13H,4-5,7H2,1H3;2*1H. The topological polar surface area (TPSA) is 45.1 Å². The van der Waals surface area contributed by atoms with Gasteiger partial charge >= 0.3 is 0 Å². The molecule has 0 radical (unpaired) electrons. The van der Waals surface area contributed by atoms with E-state index < -0.39 is 5.60 Å². The first-order valence-electron chi connectivity index (χ1n) is 4.57. The highest BCUT2D eigenvalue weighted by molar-refractivity contribution is 5.85. The maximum absolute atomic E-state index is 10.1. The molecule has 86 valence electrons. The molecule has 3 nitrogen and oxygen atoms in total. The smallest absolute Gasteiger partial charge is 0.120 e. The fourth-order valence-corrected chi connectivity index (χ4v) is 1.64. The van der Waals surface area contributed by atoms with Crippen LogP contribution in [0.25, 0.3) is 0 Å².